The van der Waals surface area contributed by atoms with E-state index in [9.17, 15) is 9.59 Å². The van der Waals surface area contributed by atoms with Crippen LogP contribution in [-0.4, -0.2) is 53.4 Å². The lowest BCUT2D eigenvalue weighted by Crippen LogP contribution is -2.43. The number of nitrogens with zero attached hydrogens (tertiary/aromatic N) is 3. The highest BCUT2D eigenvalue weighted by atomic mass is 16.2. The third kappa shape index (κ3) is 5.44. The van der Waals surface area contributed by atoms with Crippen LogP contribution in [0, 0.1) is 5.92 Å². The SMILES string of the molecule is CC(C)CC1CCCCCN1C(=O)Nc1ccnc(C(=O)N(C)C)c1. The first-order valence-corrected chi connectivity index (χ1v) is 9.13. The van der Waals surface area contributed by atoms with Crippen LogP contribution in [0.2, 0.25) is 0 Å². The molecule has 1 atom stereocenters. The summed E-state index contributed by atoms with van der Waals surface area (Å²) in [6.07, 6.45) is 7.04. The first-order chi connectivity index (χ1) is 11.9. The molecule has 1 aromatic heterocycles. The molecule has 1 fully saturated rings. The van der Waals surface area contributed by atoms with Crippen molar-refractivity contribution in [2.75, 3.05) is 26.0 Å². The zero-order valence-corrected chi connectivity index (χ0v) is 15.8. The van der Waals surface area contributed by atoms with E-state index in [1.165, 1.54) is 17.7 Å². The van der Waals surface area contributed by atoms with Gasteiger partial charge in [0.25, 0.3) is 5.91 Å². The van der Waals surface area contributed by atoms with Crippen LogP contribution in [0.3, 0.4) is 0 Å². The summed E-state index contributed by atoms with van der Waals surface area (Å²) in [4.78, 5) is 32.4. The summed E-state index contributed by atoms with van der Waals surface area (Å²) in [6.45, 7) is 5.18. The number of pyridine rings is 1. The van der Waals surface area contributed by atoms with Crippen LogP contribution >= 0.6 is 0 Å². The van der Waals surface area contributed by atoms with E-state index in [4.69, 9.17) is 0 Å². The van der Waals surface area contributed by atoms with E-state index in [0.717, 1.165) is 25.8 Å². The molecule has 0 aliphatic carbocycles. The zero-order valence-electron chi connectivity index (χ0n) is 15.8. The Hall–Kier alpha value is -2.11. The van der Waals surface area contributed by atoms with Gasteiger partial charge in [0, 0.05) is 38.6 Å². The molecule has 2 rings (SSSR count). The van der Waals surface area contributed by atoms with Crippen molar-refractivity contribution in [3.05, 3.63) is 24.0 Å². The number of hydrogen-bond acceptors (Lipinski definition) is 3. The van der Waals surface area contributed by atoms with Crippen molar-refractivity contribution >= 4 is 17.6 Å². The third-order valence-corrected chi connectivity index (χ3v) is 4.52. The topological polar surface area (TPSA) is 65.5 Å². The number of amides is 3. The second-order valence-corrected chi connectivity index (χ2v) is 7.39. The molecule has 1 aromatic rings. The van der Waals surface area contributed by atoms with Crippen molar-refractivity contribution in [2.45, 2.75) is 52.0 Å². The van der Waals surface area contributed by atoms with Crippen LogP contribution < -0.4 is 5.32 Å². The van der Waals surface area contributed by atoms with E-state index >= 15 is 0 Å². The van der Waals surface area contributed by atoms with Crippen LogP contribution in [0.1, 0.15) is 56.4 Å². The van der Waals surface area contributed by atoms with E-state index in [2.05, 4.69) is 24.1 Å². The van der Waals surface area contributed by atoms with Gasteiger partial charge in [0.1, 0.15) is 5.69 Å². The van der Waals surface area contributed by atoms with Crippen LogP contribution in [0.15, 0.2) is 18.3 Å². The van der Waals surface area contributed by atoms with Crippen LogP contribution in [0.25, 0.3) is 0 Å². The number of rotatable bonds is 4. The second-order valence-electron chi connectivity index (χ2n) is 7.39. The molecule has 25 heavy (non-hydrogen) atoms. The zero-order chi connectivity index (χ0) is 18.4. The molecular weight excluding hydrogens is 316 g/mol. The molecule has 138 valence electrons. The van der Waals surface area contributed by atoms with Gasteiger partial charge in [-0.05, 0) is 37.3 Å². The molecule has 2 heterocycles. The summed E-state index contributed by atoms with van der Waals surface area (Å²) in [7, 11) is 3.37. The summed E-state index contributed by atoms with van der Waals surface area (Å²) in [5.41, 5.74) is 0.940. The van der Waals surface area contributed by atoms with Gasteiger partial charge in [-0.2, -0.15) is 0 Å². The van der Waals surface area contributed by atoms with E-state index in [0.29, 0.717) is 17.3 Å². The normalized spacial score (nSPS) is 18.0. The minimum atomic E-state index is -0.177. The highest BCUT2D eigenvalue weighted by Crippen LogP contribution is 2.23. The van der Waals surface area contributed by atoms with Gasteiger partial charge in [0.05, 0.1) is 0 Å². The number of carbonyl (C=O) groups excluding carboxylic acids is 2. The van der Waals surface area contributed by atoms with Gasteiger partial charge in [-0.15, -0.1) is 0 Å². The molecule has 1 saturated heterocycles. The predicted molar refractivity (Wildman–Crippen MR) is 99.7 cm³/mol. The maximum atomic E-state index is 12.8. The fourth-order valence-corrected chi connectivity index (χ4v) is 3.28. The van der Waals surface area contributed by atoms with E-state index in [1.54, 1.807) is 32.4 Å². The lowest BCUT2D eigenvalue weighted by Gasteiger charge is -2.31. The van der Waals surface area contributed by atoms with Gasteiger partial charge in [-0.25, -0.2) is 4.79 Å². The maximum absolute atomic E-state index is 12.8. The molecule has 0 spiro atoms. The van der Waals surface area contributed by atoms with Crippen molar-refractivity contribution in [1.29, 1.82) is 0 Å². The molecule has 1 aliphatic heterocycles. The second kappa shape index (κ2) is 8.83. The number of aromatic nitrogens is 1. The van der Waals surface area contributed by atoms with Gasteiger partial charge in [-0.3, -0.25) is 9.78 Å². The number of hydrogen-bond donors (Lipinski definition) is 1. The van der Waals surface area contributed by atoms with Crippen LogP contribution in [-0.2, 0) is 0 Å². The Labute approximate surface area is 150 Å². The van der Waals surface area contributed by atoms with Crippen molar-refractivity contribution in [2.24, 2.45) is 5.92 Å². The molecule has 3 amide bonds. The quantitative estimate of drug-likeness (QED) is 0.906. The molecule has 0 bridgehead atoms. The Morgan fingerprint density at radius 2 is 2.08 bits per heavy atom. The Kier molecular flexibility index (Phi) is 6.79. The first kappa shape index (κ1) is 19.2. The van der Waals surface area contributed by atoms with E-state index < -0.39 is 0 Å². The molecule has 1 aliphatic rings. The number of urea groups is 1. The minimum absolute atomic E-state index is 0.0815. The average molecular weight is 346 g/mol. The Bertz CT molecular complexity index is 601. The van der Waals surface area contributed by atoms with Gasteiger partial charge in [0.2, 0.25) is 0 Å². The number of likely N-dealkylation sites (tertiary alicyclic amines) is 1. The summed E-state index contributed by atoms with van der Waals surface area (Å²) < 4.78 is 0. The molecular formula is C19H30N4O2. The molecule has 0 saturated carbocycles. The summed E-state index contributed by atoms with van der Waals surface area (Å²) >= 11 is 0. The van der Waals surface area contributed by atoms with Crippen LogP contribution in [0.4, 0.5) is 10.5 Å². The van der Waals surface area contributed by atoms with Gasteiger partial charge in [0.15, 0.2) is 0 Å². The molecule has 0 aromatic carbocycles. The first-order valence-electron chi connectivity index (χ1n) is 9.13. The average Bonchev–Trinajstić information content (AvgIpc) is 2.79. The molecule has 1 unspecified atom stereocenters. The van der Waals surface area contributed by atoms with Crippen LogP contribution in [0.5, 0.6) is 0 Å². The minimum Gasteiger partial charge on any atom is -0.343 e. The van der Waals surface area contributed by atoms with E-state index in [1.807, 2.05) is 4.90 Å². The smallest absolute Gasteiger partial charge is 0.322 e. The van der Waals surface area contributed by atoms with E-state index in [-0.39, 0.29) is 18.0 Å². The molecule has 1 N–H and O–H groups in total. The fourth-order valence-electron chi connectivity index (χ4n) is 3.28. The fraction of sp³-hybridized carbons (Fsp3) is 0.632. The van der Waals surface area contributed by atoms with Crippen molar-refractivity contribution in [1.82, 2.24) is 14.8 Å². The van der Waals surface area contributed by atoms with Crippen molar-refractivity contribution in [3.63, 3.8) is 0 Å². The highest BCUT2D eigenvalue weighted by molar-refractivity contribution is 5.95. The largest absolute Gasteiger partial charge is 0.343 e. The third-order valence-electron chi connectivity index (χ3n) is 4.52. The predicted octanol–water partition coefficient (Wildman–Crippen LogP) is 3.61. The van der Waals surface area contributed by atoms with Crippen molar-refractivity contribution < 1.29 is 9.59 Å². The number of carbonyl (C=O) groups is 2. The highest BCUT2D eigenvalue weighted by Gasteiger charge is 2.26. The monoisotopic (exact) mass is 346 g/mol. The number of anilines is 1. The summed E-state index contributed by atoms with van der Waals surface area (Å²) in [6, 6.07) is 3.56. The Morgan fingerprint density at radius 3 is 2.76 bits per heavy atom. The molecule has 6 nitrogen and oxygen atoms in total. The Morgan fingerprint density at radius 1 is 1.32 bits per heavy atom. The standard InChI is InChI=1S/C19H30N4O2/c1-14(2)12-16-8-6-5-7-11-23(16)19(25)21-15-9-10-20-17(13-15)18(24)22(3)4/h9-10,13-14,16H,5-8,11-12H2,1-4H3,(H,20,21,25). The molecule has 6 heteroatoms. The lowest BCUT2D eigenvalue weighted by molar-refractivity contribution is 0.0822. The summed E-state index contributed by atoms with van der Waals surface area (Å²) in [5, 5.41) is 2.95. The maximum Gasteiger partial charge on any atom is 0.322 e. The van der Waals surface area contributed by atoms with Gasteiger partial charge < -0.3 is 15.1 Å². The van der Waals surface area contributed by atoms with Crippen molar-refractivity contribution in [3.8, 4) is 0 Å². The summed E-state index contributed by atoms with van der Waals surface area (Å²) in [5.74, 6) is 0.382. The Balaban J connectivity index is 2.11. The lowest BCUT2D eigenvalue weighted by atomic mass is 9.99. The molecule has 0 radical (unpaired) electrons. The van der Waals surface area contributed by atoms with Gasteiger partial charge in [-0.1, -0.05) is 26.7 Å². The van der Waals surface area contributed by atoms with Gasteiger partial charge >= 0.3 is 6.03 Å². The number of nitrogens with one attached hydrogen (secondary N) is 1.